The standard InChI is InChI=1S/C19H22F3N/c1-3-5-12-17-15(9-4-2)16(14-10-7-6-8-11-14)13-18(23-17)19(20,21)22/h6-8,10-11,13H,3-5,9,12H2,1-2H3. The molecule has 1 heterocycles. The maximum Gasteiger partial charge on any atom is 0.433 e. The Balaban J connectivity index is 2.64. The van der Waals surface area contributed by atoms with Gasteiger partial charge in [0.1, 0.15) is 5.69 Å². The second-order valence-corrected chi connectivity index (χ2v) is 5.70. The largest absolute Gasteiger partial charge is 0.433 e. The molecule has 1 aromatic heterocycles. The van der Waals surface area contributed by atoms with Crippen LogP contribution in [0.3, 0.4) is 0 Å². The molecule has 0 aliphatic carbocycles. The van der Waals surface area contributed by atoms with Crippen molar-refractivity contribution >= 4 is 0 Å². The zero-order valence-corrected chi connectivity index (χ0v) is 13.6. The number of aryl methyl sites for hydroxylation is 1. The van der Waals surface area contributed by atoms with Gasteiger partial charge in [0.05, 0.1) is 0 Å². The lowest BCUT2D eigenvalue weighted by Gasteiger charge is -2.17. The molecule has 0 N–H and O–H groups in total. The van der Waals surface area contributed by atoms with E-state index in [2.05, 4.69) is 4.98 Å². The number of rotatable bonds is 6. The summed E-state index contributed by atoms with van der Waals surface area (Å²) in [5.74, 6) is 0. The quantitative estimate of drug-likeness (QED) is 0.630. The molecule has 2 aromatic rings. The van der Waals surface area contributed by atoms with E-state index in [0.717, 1.165) is 36.8 Å². The van der Waals surface area contributed by atoms with Crippen molar-refractivity contribution in [1.29, 1.82) is 0 Å². The summed E-state index contributed by atoms with van der Waals surface area (Å²) in [6.07, 6.45) is -0.422. The maximum atomic E-state index is 13.2. The van der Waals surface area contributed by atoms with Gasteiger partial charge >= 0.3 is 6.18 Å². The predicted octanol–water partition coefficient (Wildman–Crippen LogP) is 6.06. The summed E-state index contributed by atoms with van der Waals surface area (Å²) in [6.45, 7) is 4.07. The van der Waals surface area contributed by atoms with E-state index < -0.39 is 11.9 Å². The molecule has 0 saturated heterocycles. The van der Waals surface area contributed by atoms with Crippen LogP contribution in [0.25, 0.3) is 11.1 Å². The molecule has 2 rings (SSSR count). The van der Waals surface area contributed by atoms with Crippen LogP contribution < -0.4 is 0 Å². The summed E-state index contributed by atoms with van der Waals surface area (Å²) in [6, 6.07) is 10.5. The molecule has 0 aliphatic heterocycles. The van der Waals surface area contributed by atoms with Crippen LogP contribution in [0.2, 0.25) is 0 Å². The average molecular weight is 321 g/mol. The van der Waals surface area contributed by atoms with Crippen LogP contribution in [0, 0.1) is 0 Å². The van der Waals surface area contributed by atoms with Gasteiger partial charge in [-0.3, -0.25) is 0 Å². The zero-order chi connectivity index (χ0) is 16.9. The fourth-order valence-electron chi connectivity index (χ4n) is 2.72. The van der Waals surface area contributed by atoms with Gasteiger partial charge in [-0.05, 0) is 42.0 Å². The SMILES string of the molecule is CCCCc1nc(C(F)(F)F)cc(-c2ccccc2)c1CCC. The number of hydrogen-bond acceptors (Lipinski definition) is 1. The Labute approximate surface area is 135 Å². The lowest BCUT2D eigenvalue weighted by molar-refractivity contribution is -0.141. The first-order valence-corrected chi connectivity index (χ1v) is 8.12. The van der Waals surface area contributed by atoms with Crippen molar-refractivity contribution in [2.24, 2.45) is 0 Å². The number of hydrogen-bond donors (Lipinski definition) is 0. The number of alkyl halides is 3. The monoisotopic (exact) mass is 321 g/mol. The predicted molar refractivity (Wildman–Crippen MR) is 87.3 cm³/mol. The van der Waals surface area contributed by atoms with E-state index in [1.54, 1.807) is 0 Å². The Bertz CT molecular complexity index is 633. The molecule has 124 valence electrons. The second-order valence-electron chi connectivity index (χ2n) is 5.70. The highest BCUT2D eigenvalue weighted by Crippen LogP contribution is 2.35. The molecule has 0 atom stereocenters. The fraction of sp³-hybridized carbons (Fsp3) is 0.421. The third-order valence-corrected chi connectivity index (χ3v) is 3.85. The minimum absolute atomic E-state index is 0.593. The first-order chi connectivity index (χ1) is 11.0. The van der Waals surface area contributed by atoms with E-state index in [4.69, 9.17) is 0 Å². The van der Waals surface area contributed by atoms with Crippen LogP contribution in [0.4, 0.5) is 13.2 Å². The topological polar surface area (TPSA) is 12.9 Å². The molecule has 0 radical (unpaired) electrons. The van der Waals surface area contributed by atoms with Crippen LogP contribution in [0.5, 0.6) is 0 Å². The maximum absolute atomic E-state index is 13.2. The van der Waals surface area contributed by atoms with Crippen LogP contribution in [-0.2, 0) is 19.0 Å². The van der Waals surface area contributed by atoms with E-state index in [1.165, 1.54) is 6.07 Å². The number of unbranched alkanes of at least 4 members (excludes halogenated alkanes) is 1. The summed E-state index contributed by atoms with van der Waals surface area (Å²) in [4.78, 5) is 3.96. The van der Waals surface area contributed by atoms with Gasteiger partial charge in [0.2, 0.25) is 0 Å². The Morgan fingerprint density at radius 2 is 1.65 bits per heavy atom. The first-order valence-electron chi connectivity index (χ1n) is 8.12. The smallest absolute Gasteiger partial charge is 0.248 e. The first kappa shape index (κ1) is 17.5. The highest BCUT2D eigenvalue weighted by atomic mass is 19.4. The molecule has 4 heteroatoms. The molecular formula is C19H22F3N. The van der Waals surface area contributed by atoms with Gasteiger partial charge in [-0.1, -0.05) is 57.0 Å². The third-order valence-electron chi connectivity index (χ3n) is 3.85. The van der Waals surface area contributed by atoms with E-state index in [1.807, 2.05) is 44.2 Å². The number of benzene rings is 1. The second kappa shape index (κ2) is 7.62. The number of nitrogens with zero attached hydrogens (tertiary/aromatic N) is 1. The summed E-state index contributed by atoms with van der Waals surface area (Å²) >= 11 is 0. The lowest BCUT2D eigenvalue weighted by Crippen LogP contribution is -2.13. The zero-order valence-electron chi connectivity index (χ0n) is 13.6. The van der Waals surface area contributed by atoms with Gasteiger partial charge < -0.3 is 0 Å². The summed E-state index contributed by atoms with van der Waals surface area (Å²) in [5.41, 5.74) is 2.26. The fourth-order valence-corrected chi connectivity index (χ4v) is 2.72. The van der Waals surface area contributed by atoms with Crippen molar-refractivity contribution in [1.82, 2.24) is 4.98 Å². The van der Waals surface area contributed by atoms with Crippen molar-refractivity contribution in [2.45, 2.75) is 52.1 Å². The molecule has 1 nitrogen and oxygen atoms in total. The normalized spacial score (nSPS) is 11.7. The van der Waals surface area contributed by atoms with E-state index >= 15 is 0 Å². The van der Waals surface area contributed by atoms with Crippen LogP contribution in [-0.4, -0.2) is 4.98 Å². The minimum Gasteiger partial charge on any atom is -0.248 e. The number of pyridine rings is 1. The highest BCUT2D eigenvalue weighted by molar-refractivity contribution is 5.68. The van der Waals surface area contributed by atoms with E-state index in [9.17, 15) is 13.2 Å². The van der Waals surface area contributed by atoms with Crippen molar-refractivity contribution in [3.63, 3.8) is 0 Å². The van der Waals surface area contributed by atoms with Gasteiger partial charge in [-0.2, -0.15) is 13.2 Å². The van der Waals surface area contributed by atoms with E-state index in [0.29, 0.717) is 17.7 Å². The van der Waals surface area contributed by atoms with Gasteiger partial charge in [0.15, 0.2) is 0 Å². The van der Waals surface area contributed by atoms with E-state index in [-0.39, 0.29) is 0 Å². The minimum atomic E-state index is -4.42. The average Bonchev–Trinajstić information content (AvgIpc) is 2.53. The Kier molecular flexibility index (Phi) is 5.80. The van der Waals surface area contributed by atoms with Crippen molar-refractivity contribution in [2.75, 3.05) is 0 Å². The number of halogens is 3. The third kappa shape index (κ3) is 4.34. The van der Waals surface area contributed by atoms with Crippen LogP contribution in [0.1, 0.15) is 50.1 Å². The molecule has 0 bridgehead atoms. The van der Waals surface area contributed by atoms with Crippen LogP contribution in [0.15, 0.2) is 36.4 Å². The van der Waals surface area contributed by atoms with Crippen molar-refractivity contribution in [3.05, 3.63) is 53.3 Å². The van der Waals surface area contributed by atoms with Crippen molar-refractivity contribution < 1.29 is 13.2 Å². The van der Waals surface area contributed by atoms with Crippen molar-refractivity contribution in [3.8, 4) is 11.1 Å². The Hall–Kier alpha value is -1.84. The van der Waals surface area contributed by atoms with Gasteiger partial charge in [-0.25, -0.2) is 4.98 Å². The van der Waals surface area contributed by atoms with Gasteiger partial charge in [-0.15, -0.1) is 0 Å². The lowest BCUT2D eigenvalue weighted by atomic mass is 9.93. The highest BCUT2D eigenvalue weighted by Gasteiger charge is 2.34. The molecule has 1 aromatic carbocycles. The van der Waals surface area contributed by atoms with Crippen LogP contribution >= 0.6 is 0 Å². The molecule has 0 fully saturated rings. The molecule has 23 heavy (non-hydrogen) atoms. The molecular weight excluding hydrogens is 299 g/mol. The Morgan fingerprint density at radius 3 is 2.22 bits per heavy atom. The molecule has 0 saturated carbocycles. The summed E-state index contributed by atoms with van der Waals surface area (Å²) in [5, 5.41) is 0. The molecule has 0 amide bonds. The Morgan fingerprint density at radius 1 is 0.957 bits per heavy atom. The molecule has 0 unspecified atom stereocenters. The summed E-state index contributed by atoms with van der Waals surface area (Å²) in [7, 11) is 0. The van der Waals surface area contributed by atoms with Gasteiger partial charge in [0, 0.05) is 5.69 Å². The molecule has 0 spiro atoms. The number of aromatic nitrogens is 1. The van der Waals surface area contributed by atoms with Gasteiger partial charge in [0.25, 0.3) is 0 Å². The summed E-state index contributed by atoms with van der Waals surface area (Å²) < 4.78 is 39.7. The molecule has 0 aliphatic rings.